The predicted octanol–water partition coefficient (Wildman–Crippen LogP) is 4.89. The quantitative estimate of drug-likeness (QED) is 0.643. The van der Waals surface area contributed by atoms with Gasteiger partial charge in [-0.15, -0.1) is 0 Å². The second kappa shape index (κ2) is 8.57. The fraction of sp³-hybridized carbons (Fsp3) is 0.217. The van der Waals surface area contributed by atoms with E-state index >= 15 is 0 Å². The summed E-state index contributed by atoms with van der Waals surface area (Å²) in [6, 6.07) is 16.6. The Hall–Kier alpha value is -3.34. The summed E-state index contributed by atoms with van der Waals surface area (Å²) in [4.78, 5) is 24.9. The number of rotatable bonds is 6. The summed E-state index contributed by atoms with van der Waals surface area (Å²) in [5, 5.41) is 5.80. The zero-order valence-corrected chi connectivity index (χ0v) is 16.3. The molecule has 0 aliphatic heterocycles. The second-order valence-electron chi connectivity index (χ2n) is 6.75. The molecule has 0 radical (unpaired) electrons. The number of carbonyl (C=O) groups excluding carboxylic acids is 2. The van der Waals surface area contributed by atoms with Gasteiger partial charge in [0.15, 0.2) is 5.76 Å². The van der Waals surface area contributed by atoms with Crippen molar-refractivity contribution in [3.05, 3.63) is 88.9 Å². The van der Waals surface area contributed by atoms with Crippen molar-refractivity contribution in [1.29, 1.82) is 0 Å². The van der Waals surface area contributed by atoms with Crippen LogP contribution in [-0.2, 0) is 6.42 Å². The van der Waals surface area contributed by atoms with Gasteiger partial charge >= 0.3 is 0 Å². The van der Waals surface area contributed by atoms with E-state index in [0.717, 1.165) is 17.5 Å². The van der Waals surface area contributed by atoms with E-state index in [1.165, 1.54) is 11.8 Å². The maximum Gasteiger partial charge on any atom is 0.291 e. The fourth-order valence-corrected chi connectivity index (χ4v) is 2.89. The van der Waals surface area contributed by atoms with Crippen LogP contribution in [-0.4, -0.2) is 11.8 Å². The first-order valence-electron chi connectivity index (χ1n) is 9.33. The van der Waals surface area contributed by atoms with Crippen LogP contribution in [0.1, 0.15) is 57.5 Å². The summed E-state index contributed by atoms with van der Waals surface area (Å²) in [6.45, 7) is 5.93. The first-order valence-corrected chi connectivity index (χ1v) is 9.33. The molecule has 144 valence electrons. The molecular formula is C23H24N2O3. The Morgan fingerprint density at radius 1 is 1.04 bits per heavy atom. The SMILES string of the molecule is CCc1ccc(C(C)NC(=O)c2ccc(C)c(NC(=O)c3ccco3)c2)cc1. The number of hydrogen-bond acceptors (Lipinski definition) is 3. The minimum atomic E-state index is -0.352. The number of aryl methyl sites for hydroxylation is 2. The molecule has 0 fully saturated rings. The lowest BCUT2D eigenvalue weighted by molar-refractivity contribution is 0.0938. The minimum absolute atomic E-state index is 0.124. The van der Waals surface area contributed by atoms with Gasteiger partial charge in [-0.05, 0) is 61.2 Å². The molecule has 0 saturated heterocycles. The highest BCUT2D eigenvalue weighted by Crippen LogP contribution is 2.20. The molecule has 3 aromatic rings. The van der Waals surface area contributed by atoms with E-state index in [0.29, 0.717) is 11.3 Å². The number of benzene rings is 2. The first-order chi connectivity index (χ1) is 13.5. The summed E-state index contributed by atoms with van der Waals surface area (Å²) >= 11 is 0. The summed E-state index contributed by atoms with van der Waals surface area (Å²) in [5.74, 6) is -0.325. The Labute approximate surface area is 164 Å². The Morgan fingerprint density at radius 2 is 1.79 bits per heavy atom. The van der Waals surface area contributed by atoms with E-state index in [-0.39, 0.29) is 23.6 Å². The van der Waals surface area contributed by atoms with Gasteiger partial charge in [0.25, 0.3) is 11.8 Å². The lowest BCUT2D eigenvalue weighted by Gasteiger charge is -2.16. The molecule has 2 N–H and O–H groups in total. The lowest BCUT2D eigenvalue weighted by atomic mass is 10.0. The van der Waals surface area contributed by atoms with E-state index in [2.05, 4.69) is 29.7 Å². The van der Waals surface area contributed by atoms with Crippen LogP contribution in [0.5, 0.6) is 0 Å². The number of nitrogens with one attached hydrogen (secondary N) is 2. The molecule has 1 atom stereocenters. The summed E-state index contributed by atoms with van der Waals surface area (Å²) in [7, 11) is 0. The van der Waals surface area contributed by atoms with Crippen molar-refractivity contribution < 1.29 is 14.0 Å². The standard InChI is InChI=1S/C23H24N2O3/c1-4-17-8-11-18(12-9-17)16(3)24-22(26)19-10-7-15(2)20(14-19)25-23(27)21-6-5-13-28-21/h5-14,16H,4H2,1-3H3,(H,24,26)(H,25,27). The Balaban J connectivity index is 1.71. The third-order valence-electron chi connectivity index (χ3n) is 4.73. The molecule has 3 rings (SSSR count). The molecule has 1 unspecified atom stereocenters. The van der Waals surface area contributed by atoms with E-state index in [4.69, 9.17) is 4.42 Å². The van der Waals surface area contributed by atoms with Gasteiger partial charge in [-0.2, -0.15) is 0 Å². The first kappa shape index (κ1) is 19.4. The largest absolute Gasteiger partial charge is 0.459 e. The Morgan fingerprint density at radius 3 is 2.43 bits per heavy atom. The second-order valence-corrected chi connectivity index (χ2v) is 6.75. The van der Waals surface area contributed by atoms with Gasteiger partial charge in [-0.1, -0.05) is 37.3 Å². The smallest absolute Gasteiger partial charge is 0.291 e. The van der Waals surface area contributed by atoms with Crippen LogP contribution in [0.4, 0.5) is 5.69 Å². The fourth-order valence-electron chi connectivity index (χ4n) is 2.89. The van der Waals surface area contributed by atoms with E-state index in [9.17, 15) is 9.59 Å². The highest BCUT2D eigenvalue weighted by Gasteiger charge is 2.15. The molecule has 0 spiro atoms. The van der Waals surface area contributed by atoms with Gasteiger partial charge in [0.2, 0.25) is 0 Å². The molecule has 2 amide bonds. The van der Waals surface area contributed by atoms with Gasteiger partial charge in [0, 0.05) is 11.3 Å². The van der Waals surface area contributed by atoms with Crippen LogP contribution in [0.2, 0.25) is 0 Å². The number of furan rings is 1. The minimum Gasteiger partial charge on any atom is -0.459 e. The lowest BCUT2D eigenvalue weighted by Crippen LogP contribution is -2.26. The molecule has 2 aromatic carbocycles. The zero-order valence-electron chi connectivity index (χ0n) is 16.3. The van der Waals surface area contributed by atoms with Crippen LogP contribution in [0.3, 0.4) is 0 Å². The Bertz CT molecular complexity index is 960. The van der Waals surface area contributed by atoms with Crippen molar-refractivity contribution in [2.24, 2.45) is 0 Å². The van der Waals surface area contributed by atoms with E-state index in [1.807, 2.05) is 32.0 Å². The molecule has 5 heteroatoms. The molecule has 0 aliphatic carbocycles. The topological polar surface area (TPSA) is 71.3 Å². The summed E-state index contributed by atoms with van der Waals surface area (Å²) in [6.07, 6.45) is 2.43. The molecule has 0 saturated carbocycles. The molecule has 0 bridgehead atoms. The van der Waals surface area contributed by atoms with Gasteiger partial charge < -0.3 is 15.1 Å². The molecule has 1 heterocycles. The van der Waals surface area contributed by atoms with Crippen molar-refractivity contribution in [3.63, 3.8) is 0 Å². The summed E-state index contributed by atoms with van der Waals surface area (Å²) < 4.78 is 5.11. The average Bonchev–Trinajstić information content (AvgIpc) is 3.24. The van der Waals surface area contributed by atoms with Crippen molar-refractivity contribution in [2.75, 3.05) is 5.32 Å². The van der Waals surface area contributed by atoms with E-state index in [1.54, 1.807) is 24.3 Å². The van der Waals surface area contributed by atoms with Crippen LogP contribution >= 0.6 is 0 Å². The molecular weight excluding hydrogens is 352 g/mol. The van der Waals surface area contributed by atoms with E-state index < -0.39 is 0 Å². The predicted molar refractivity (Wildman–Crippen MR) is 110 cm³/mol. The third-order valence-corrected chi connectivity index (χ3v) is 4.73. The van der Waals surface area contributed by atoms with Crippen LogP contribution in [0.25, 0.3) is 0 Å². The summed E-state index contributed by atoms with van der Waals surface area (Å²) in [5.41, 5.74) is 4.23. The third kappa shape index (κ3) is 4.49. The van der Waals surface area contributed by atoms with Gasteiger partial charge in [-0.3, -0.25) is 9.59 Å². The van der Waals surface area contributed by atoms with Gasteiger partial charge in [-0.25, -0.2) is 0 Å². The van der Waals surface area contributed by atoms with Crippen LogP contribution in [0, 0.1) is 6.92 Å². The number of anilines is 1. The molecule has 0 aliphatic rings. The van der Waals surface area contributed by atoms with Crippen molar-refractivity contribution in [2.45, 2.75) is 33.2 Å². The van der Waals surface area contributed by atoms with Crippen LogP contribution < -0.4 is 10.6 Å². The van der Waals surface area contributed by atoms with Gasteiger partial charge in [0.1, 0.15) is 0 Å². The monoisotopic (exact) mass is 376 g/mol. The number of hydrogen-bond donors (Lipinski definition) is 2. The van der Waals surface area contributed by atoms with Crippen LogP contribution in [0.15, 0.2) is 65.3 Å². The maximum atomic E-state index is 12.7. The molecule has 1 aromatic heterocycles. The van der Waals surface area contributed by atoms with Crippen molar-refractivity contribution in [1.82, 2.24) is 5.32 Å². The zero-order chi connectivity index (χ0) is 20.1. The Kier molecular flexibility index (Phi) is 5.94. The number of amides is 2. The molecule has 28 heavy (non-hydrogen) atoms. The maximum absolute atomic E-state index is 12.7. The van der Waals surface area contributed by atoms with Crippen molar-refractivity contribution >= 4 is 17.5 Å². The van der Waals surface area contributed by atoms with Gasteiger partial charge in [0.05, 0.1) is 12.3 Å². The highest BCUT2D eigenvalue weighted by molar-refractivity contribution is 6.04. The highest BCUT2D eigenvalue weighted by atomic mass is 16.3. The molecule has 5 nitrogen and oxygen atoms in total. The van der Waals surface area contributed by atoms with Crippen molar-refractivity contribution in [3.8, 4) is 0 Å². The number of carbonyl (C=O) groups is 2. The normalized spacial score (nSPS) is 11.7. The average molecular weight is 376 g/mol.